The fourth-order valence-electron chi connectivity index (χ4n) is 5.60. The normalized spacial score (nSPS) is 14.6. The first-order valence-electron chi connectivity index (χ1n) is 15.3. The molecule has 0 saturated carbocycles. The van der Waals surface area contributed by atoms with E-state index in [1.165, 1.54) is 24.3 Å². The van der Waals surface area contributed by atoms with Gasteiger partial charge in [0, 0.05) is 17.1 Å². The Kier molecular flexibility index (Phi) is 9.02. The predicted octanol–water partition coefficient (Wildman–Crippen LogP) is 7.61. The summed E-state index contributed by atoms with van der Waals surface area (Å²) in [4.78, 5) is 30.6. The second-order valence-corrected chi connectivity index (χ2v) is 11.0. The topological polar surface area (TPSA) is 134 Å². The van der Waals surface area contributed by atoms with Crippen LogP contribution < -0.4 is 16.0 Å². The van der Waals surface area contributed by atoms with E-state index in [1.54, 1.807) is 6.92 Å². The monoisotopic (exact) mass is 635 g/mol. The van der Waals surface area contributed by atoms with Crippen LogP contribution in [0.15, 0.2) is 151 Å². The highest BCUT2D eigenvalue weighted by atomic mass is 16.4. The molecule has 3 heterocycles. The lowest BCUT2D eigenvalue weighted by Gasteiger charge is -2.28. The number of rotatable bonds is 10. The van der Waals surface area contributed by atoms with Gasteiger partial charge in [-0.05, 0) is 97.6 Å². The van der Waals surface area contributed by atoms with Crippen molar-refractivity contribution in [3.05, 3.63) is 174 Å². The fraction of sp³-hybridized carbons (Fsp3) is 0.0513. The van der Waals surface area contributed by atoms with Crippen molar-refractivity contribution < 1.29 is 19.8 Å². The third-order valence-corrected chi connectivity index (χ3v) is 7.89. The van der Waals surface area contributed by atoms with Crippen molar-refractivity contribution in [3.8, 4) is 5.69 Å². The van der Waals surface area contributed by atoms with Crippen molar-refractivity contribution in [2.24, 2.45) is 5.73 Å². The zero-order valence-electron chi connectivity index (χ0n) is 26.1. The number of anilines is 3. The number of aromatic carboxylic acids is 1. The number of hydrogen-bond acceptors (Lipinski definition) is 6. The van der Waals surface area contributed by atoms with Gasteiger partial charge in [-0.1, -0.05) is 60.7 Å². The second kappa shape index (κ2) is 13.8. The number of nitrogens with zero attached hydrogens (tertiary/aromatic N) is 3. The van der Waals surface area contributed by atoms with Gasteiger partial charge in [0.25, 0.3) is 0 Å². The number of hydrogen-bond donors (Lipinski definition) is 4. The van der Waals surface area contributed by atoms with Gasteiger partial charge in [-0.15, -0.1) is 0 Å². The van der Waals surface area contributed by atoms with Gasteiger partial charge in [0.15, 0.2) is 0 Å². The molecule has 2 aromatic heterocycles. The highest BCUT2D eigenvalue weighted by molar-refractivity contribution is 5.93. The molecule has 48 heavy (non-hydrogen) atoms. The minimum Gasteiger partial charge on any atom is -0.478 e. The third kappa shape index (κ3) is 6.52. The number of aromatic nitrogens is 2. The molecule has 1 unspecified atom stereocenters. The van der Waals surface area contributed by atoms with Gasteiger partial charge >= 0.3 is 11.9 Å². The Balaban J connectivity index is 1.48. The number of nitrogens with one attached hydrogen (secondary N) is 1. The number of aliphatic carboxylic acids is 1. The van der Waals surface area contributed by atoms with Crippen LogP contribution in [0.3, 0.4) is 0 Å². The van der Waals surface area contributed by atoms with Gasteiger partial charge < -0.3 is 21.3 Å². The summed E-state index contributed by atoms with van der Waals surface area (Å²) in [6.45, 7) is 1.58. The standard InChI is InChI=1S/C39H33N5O4/c1-2-26(38(45)46)22-32(40)33-24-28(39(47)48)25-35(42-33)34-23-27(20-21-41-34)36-18-19-37(44(36)31-16-10-5-11-17-31)43(29-12-6-3-7-13-29)30-14-8-4-9-15-30/h2-25,34,41H,40H2,1H3,(H,45,46)(H,47,48)/b26-2+,32-22-. The van der Waals surface area contributed by atoms with E-state index in [0.29, 0.717) is 5.69 Å². The van der Waals surface area contributed by atoms with Crippen molar-refractivity contribution in [2.45, 2.75) is 13.0 Å². The van der Waals surface area contributed by atoms with Crippen molar-refractivity contribution >= 4 is 40.4 Å². The molecule has 6 rings (SSSR count). The number of carbonyl (C=O) groups is 2. The van der Waals surface area contributed by atoms with Gasteiger partial charge in [-0.3, -0.25) is 9.47 Å². The van der Waals surface area contributed by atoms with Crippen LogP contribution in [0.4, 0.5) is 17.2 Å². The summed E-state index contributed by atoms with van der Waals surface area (Å²) in [5.74, 6) is -1.39. The second-order valence-electron chi connectivity index (χ2n) is 11.0. The summed E-state index contributed by atoms with van der Waals surface area (Å²) in [6, 6.07) is 36.9. The zero-order chi connectivity index (χ0) is 33.6. The maximum atomic E-state index is 12.1. The van der Waals surface area contributed by atoms with Gasteiger partial charge in [0.2, 0.25) is 0 Å². The quantitative estimate of drug-likeness (QED) is 0.0910. The van der Waals surface area contributed by atoms with E-state index >= 15 is 0 Å². The first kappa shape index (κ1) is 31.4. The van der Waals surface area contributed by atoms with Crippen LogP contribution >= 0.6 is 0 Å². The molecule has 0 spiro atoms. The summed E-state index contributed by atoms with van der Waals surface area (Å²) in [5, 5.41) is 22.7. The molecular weight excluding hydrogens is 602 g/mol. The summed E-state index contributed by atoms with van der Waals surface area (Å²) in [6.07, 6.45) is 8.44. The third-order valence-electron chi connectivity index (χ3n) is 7.89. The SMILES string of the molecule is C/C=C(\C=C(/N)c1cc(C(=O)O)cc(C2C=C(c3ccc(N(c4ccccc4)c4ccccc4)n3-c3ccccc3)C=CN2)n1)C(=O)O. The van der Waals surface area contributed by atoms with Gasteiger partial charge in [-0.2, -0.15) is 0 Å². The number of carboxylic acid groups (broad SMARTS) is 2. The van der Waals surface area contributed by atoms with E-state index in [2.05, 4.69) is 68.3 Å². The molecule has 1 atom stereocenters. The lowest BCUT2D eigenvalue weighted by molar-refractivity contribution is -0.132. The van der Waals surface area contributed by atoms with Crippen LogP contribution in [0.1, 0.15) is 40.4 Å². The molecular formula is C39H33N5O4. The largest absolute Gasteiger partial charge is 0.478 e. The van der Waals surface area contributed by atoms with E-state index < -0.39 is 18.0 Å². The Morgan fingerprint density at radius 2 is 1.50 bits per heavy atom. The number of dihydropyridines is 1. The summed E-state index contributed by atoms with van der Waals surface area (Å²) >= 11 is 0. The Hall–Kier alpha value is -6.61. The highest BCUT2D eigenvalue weighted by Gasteiger charge is 2.23. The van der Waals surface area contributed by atoms with Crippen molar-refractivity contribution in [1.82, 2.24) is 14.9 Å². The number of para-hydroxylation sites is 3. The first-order valence-corrected chi connectivity index (χ1v) is 15.3. The zero-order valence-corrected chi connectivity index (χ0v) is 26.1. The number of benzene rings is 3. The number of allylic oxidation sites excluding steroid dienone is 3. The predicted molar refractivity (Wildman–Crippen MR) is 188 cm³/mol. The van der Waals surface area contributed by atoms with Crippen molar-refractivity contribution in [3.63, 3.8) is 0 Å². The van der Waals surface area contributed by atoms with Crippen LogP contribution in [-0.2, 0) is 4.79 Å². The Morgan fingerprint density at radius 1 is 0.875 bits per heavy atom. The Bertz CT molecular complexity index is 2040. The first-order chi connectivity index (χ1) is 23.3. The molecule has 9 heteroatoms. The number of pyridine rings is 1. The minimum absolute atomic E-state index is 0.0219. The maximum absolute atomic E-state index is 12.1. The molecule has 1 aliphatic heterocycles. The maximum Gasteiger partial charge on any atom is 0.335 e. The van der Waals surface area contributed by atoms with Gasteiger partial charge in [0.05, 0.1) is 40.0 Å². The molecule has 9 nitrogen and oxygen atoms in total. The van der Waals surface area contributed by atoms with E-state index in [-0.39, 0.29) is 22.5 Å². The van der Waals surface area contributed by atoms with Gasteiger partial charge in [0.1, 0.15) is 5.82 Å². The lowest BCUT2D eigenvalue weighted by atomic mass is 10.0. The minimum atomic E-state index is -1.16. The van der Waals surface area contributed by atoms with E-state index in [1.807, 2.05) is 72.9 Å². The average Bonchev–Trinajstić information content (AvgIpc) is 3.56. The van der Waals surface area contributed by atoms with Crippen LogP contribution in [0.2, 0.25) is 0 Å². The van der Waals surface area contributed by atoms with Crippen molar-refractivity contribution in [1.29, 1.82) is 0 Å². The molecule has 1 aliphatic rings. The molecule has 3 aromatic carbocycles. The average molecular weight is 636 g/mol. The molecule has 238 valence electrons. The summed E-state index contributed by atoms with van der Waals surface area (Å²) < 4.78 is 2.19. The molecule has 5 N–H and O–H groups in total. The number of nitrogens with two attached hydrogens (primary N) is 1. The lowest BCUT2D eigenvalue weighted by Crippen LogP contribution is -2.20. The Morgan fingerprint density at radius 3 is 2.08 bits per heavy atom. The van der Waals surface area contributed by atoms with Crippen LogP contribution in [0.25, 0.3) is 17.0 Å². The van der Waals surface area contributed by atoms with Crippen LogP contribution in [0, 0.1) is 0 Å². The molecule has 0 saturated heterocycles. The van der Waals surface area contributed by atoms with E-state index in [4.69, 9.17) is 5.73 Å². The highest BCUT2D eigenvalue weighted by Crippen LogP contribution is 2.39. The molecule has 0 radical (unpaired) electrons. The Labute approximate surface area is 277 Å². The van der Waals surface area contributed by atoms with E-state index in [0.717, 1.165) is 34.1 Å². The van der Waals surface area contributed by atoms with Crippen LogP contribution in [-0.4, -0.2) is 31.7 Å². The number of carboxylic acids is 2. The molecule has 5 aromatic rings. The molecule has 0 aliphatic carbocycles. The summed E-state index contributed by atoms with van der Waals surface area (Å²) in [5.41, 5.74) is 11.5. The molecule has 0 amide bonds. The van der Waals surface area contributed by atoms with Crippen LogP contribution in [0.5, 0.6) is 0 Å². The molecule has 0 fully saturated rings. The summed E-state index contributed by atoms with van der Waals surface area (Å²) in [7, 11) is 0. The fourth-order valence-corrected chi connectivity index (χ4v) is 5.60. The van der Waals surface area contributed by atoms with E-state index in [9.17, 15) is 19.8 Å². The smallest absolute Gasteiger partial charge is 0.335 e. The molecule has 0 bridgehead atoms. The van der Waals surface area contributed by atoms with Crippen molar-refractivity contribution in [2.75, 3.05) is 4.90 Å². The van der Waals surface area contributed by atoms with Gasteiger partial charge in [-0.25, -0.2) is 14.6 Å².